The molecule has 10 nitrogen and oxygen atoms in total. The predicted octanol–water partition coefficient (Wildman–Crippen LogP) is 1.25. The number of Topliss-reactive ketones (excluding diaryl/α,β-unsaturated/α-hetero) is 1. The molecule has 5 atom stereocenters. The second kappa shape index (κ2) is 11.0. The molecule has 2 heterocycles. The van der Waals surface area contributed by atoms with Crippen LogP contribution in [0, 0.1) is 17.8 Å². The average Bonchev–Trinajstić information content (AvgIpc) is 3.75. The van der Waals surface area contributed by atoms with E-state index in [2.05, 4.69) is 16.0 Å². The summed E-state index contributed by atoms with van der Waals surface area (Å²) >= 11 is 0. The van der Waals surface area contributed by atoms with Crippen LogP contribution in [0.15, 0.2) is 48.5 Å². The largest absolute Gasteiger partial charge is 0.389 e. The molecule has 2 aliphatic heterocycles. The number of hydrogen-bond donors (Lipinski definition) is 4. The highest BCUT2D eigenvalue weighted by molar-refractivity contribution is 6.04. The van der Waals surface area contributed by atoms with Gasteiger partial charge in [-0.1, -0.05) is 55.0 Å². The van der Waals surface area contributed by atoms with Crippen molar-refractivity contribution in [1.82, 2.24) is 20.9 Å². The van der Waals surface area contributed by atoms with E-state index in [1.807, 2.05) is 48.5 Å². The molecular formula is C32H36N4O6. The number of carbonyl (C=O) groups is 5. The van der Waals surface area contributed by atoms with E-state index in [4.69, 9.17) is 0 Å². The van der Waals surface area contributed by atoms with E-state index in [0.29, 0.717) is 30.6 Å². The zero-order chi connectivity index (χ0) is 29.6. The van der Waals surface area contributed by atoms with Gasteiger partial charge in [-0.3, -0.25) is 24.0 Å². The number of fused-ring (bicyclic) bond motifs is 4. The van der Waals surface area contributed by atoms with Crippen molar-refractivity contribution in [2.45, 2.75) is 56.7 Å². The van der Waals surface area contributed by atoms with E-state index in [0.717, 1.165) is 30.4 Å². The van der Waals surface area contributed by atoms with Crippen molar-refractivity contribution in [1.29, 1.82) is 0 Å². The Hall–Kier alpha value is -4.05. The van der Waals surface area contributed by atoms with Crippen LogP contribution in [-0.4, -0.2) is 71.2 Å². The number of aliphatic hydroxyl groups excluding tert-OH is 1. The summed E-state index contributed by atoms with van der Waals surface area (Å²) in [6, 6.07) is 13.1. The minimum absolute atomic E-state index is 0.0856. The van der Waals surface area contributed by atoms with Crippen molar-refractivity contribution in [3.05, 3.63) is 59.7 Å². The number of benzene rings is 2. The van der Waals surface area contributed by atoms with Crippen LogP contribution < -0.4 is 16.0 Å². The molecule has 2 aliphatic carbocycles. The van der Waals surface area contributed by atoms with E-state index in [-0.39, 0.29) is 36.0 Å². The molecule has 4 amide bonds. The average molecular weight is 573 g/mol. The Kier molecular flexibility index (Phi) is 7.34. The molecule has 0 radical (unpaired) electrons. The second-order valence-corrected chi connectivity index (χ2v) is 12.0. The standard InChI is InChI=1S/C32H36N4O6/c1-18(38)35-32(24-11-4-2-8-22(24)23-9-3-5-12-25(23)32)31(42)36-16-20-7-6-10-21(20)28(36)30(41)34-26(27(39)17-37)15-19-13-14-33-29(19)40/h2-5,8-9,11-12,19-21,26,28,37H,6-7,10,13-17H2,1H3,(H,33,40)(H,34,41)(H,35,38)/t19-,20-,21-,26-,28+/m1/s1. The fourth-order valence-corrected chi connectivity index (χ4v) is 7.78. The number of nitrogens with zero attached hydrogens (tertiary/aromatic N) is 1. The number of nitrogens with one attached hydrogen (secondary N) is 3. The Bertz CT molecular complexity index is 1410. The Morgan fingerprint density at radius 1 is 1.02 bits per heavy atom. The minimum atomic E-state index is -1.52. The van der Waals surface area contributed by atoms with Crippen LogP contribution >= 0.6 is 0 Å². The van der Waals surface area contributed by atoms with Crippen molar-refractivity contribution in [2.75, 3.05) is 19.7 Å². The van der Waals surface area contributed by atoms with Gasteiger partial charge in [0.2, 0.25) is 17.7 Å². The molecule has 2 saturated heterocycles. The number of aliphatic hydroxyl groups is 1. The molecule has 4 N–H and O–H groups in total. The molecule has 3 fully saturated rings. The van der Waals surface area contributed by atoms with Gasteiger partial charge in [0.25, 0.3) is 5.91 Å². The lowest BCUT2D eigenvalue weighted by Crippen LogP contribution is -2.61. The first-order chi connectivity index (χ1) is 20.3. The fourth-order valence-electron chi connectivity index (χ4n) is 7.78. The van der Waals surface area contributed by atoms with Crippen LogP contribution in [0.1, 0.15) is 50.2 Å². The Morgan fingerprint density at radius 2 is 1.69 bits per heavy atom. The molecule has 0 aromatic heterocycles. The molecule has 0 unspecified atom stereocenters. The van der Waals surface area contributed by atoms with Gasteiger partial charge in [0.1, 0.15) is 12.6 Å². The molecule has 10 heteroatoms. The highest BCUT2D eigenvalue weighted by Gasteiger charge is 2.58. The van der Waals surface area contributed by atoms with Gasteiger partial charge in [0.05, 0.1) is 6.04 Å². The van der Waals surface area contributed by atoms with Crippen LogP contribution in [0.3, 0.4) is 0 Å². The third-order valence-corrected chi connectivity index (χ3v) is 9.60. The third-order valence-electron chi connectivity index (χ3n) is 9.60. The molecule has 2 aromatic carbocycles. The van der Waals surface area contributed by atoms with Gasteiger partial charge in [-0.05, 0) is 59.8 Å². The maximum Gasteiger partial charge on any atom is 0.258 e. The summed E-state index contributed by atoms with van der Waals surface area (Å²) in [5.41, 5.74) is 1.49. The lowest BCUT2D eigenvalue weighted by Gasteiger charge is -2.38. The number of carbonyl (C=O) groups excluding carboxylic acids is 5. The molecule has 0 spiro atoms. The third kappa shape index (κ3) is 4.48. The van der Waals surface area contributed by atoms with Gasteiger partial charge < -0.3 is 26.0 Å². The highest BCUT2D eigenvalue weighted by atomic mass is 16.3. The summed E-state index contributed by atoms with van der Waals surface area (Å²) in [5, 5.41) is 18.2. The fraction of sp³-hybridized carbons (Fsp3) is 0.469. The SMILES string of the molecule is CC(=O)NC1(C(=O)N2C[C@H]3CCC[C@H]3[C@H]2C(=O)N[C@H](C[C@H]2CCNC2=O)C(=O)CO)c2ccccc2-c2ccccc21. The van der Waals surface area contributed by atoms with Crippen molar-refractivity contribution in [3.63, 3.8) is 0 Å². The van der Waals surface area contributed by atoms with Gasteiger partial charge in [0.15, 0.2) is 11.3 Å². The van der Waals surface area contributed by atoms with E-state index >= 15 is 0 Å². The molecular weight excluding hydrogens is 536 g/mol. The predicted molar refractivity (Wildman–Crippen MR) is 153 cm³/mol. The van der Waals surface area contributed by atoms with Gasteiger partial charge in [-0.15, -0.1) is 0 Å². The summed E-state index contributed by atoms with van der Waals surface area (Å²) in [4.78, 5) is 68.4. The zero-order valence-electron chi connectivity index (χ0n) is 23.6. The van der Waals surface area contributed by atoms with Gasteiger partial charge in [-0.25, -0.2) is 0 Å². The number of amides is 4. The van der Waals surface area contributed by atoms with Gasteiger partial charge in [-0.2, -0.15) is 0 Å². The summed E-state index contributed by atoms with van der Waals surface area (Å²) in [6.45, 7) is 1.47. The van der Waals surface area contributed by atoms with Crippen LogP contribution in [0.4, 0.5) is 0 Å². The second-order valence-electron chi connectivity index (χ2n) is 12.0. The smallest absolute Gasteiger partial charge is 0.258 e. The highest BCUT2D eigenvalue weighted by Crippen LogP contribution is 2.51. The first-order valence-corrected chi connectivity index (χ1v) is 14.8. The monoisotopic (exact) mass is 572 g/mol. The quantitative estimate of drug-likeness (QED) is 0.375. The summed E-state index contributed by atoms with van der Waals surface area (Å²) in [6.07, 6.45) is 3.20. The number of rotatable bonds is 8. The first kappa shape index (κ1) is 28.1. The Morgan fingerprint density at radius 3 is 2.29 bits per heavy atom. The van der Waals surface area contributed by atoms with Crippen molar-refractivity contribution < 1.29 is 29.1 Å². The molecule has 2 aromatic rings. The molecule has 220 valence electrons. The number of ketones is 1. The molecule has 6 rings (SSSR count). The molecule has 1 saturated carbocycles. The van der Waals surface area contributed by atoms with Crippen LogP contribution in [-0.2, 0) is 29.5 Å². The maximum atomic E-state index is 14.9. The van der Waals surface area contributed by atoms with Crippen LogP contribution in [0.2, 0.25) is 0 Å². The zero-order valence-corrected chi connectivity index (χ0v) is 23.6. The van der Waals surface area contributed by atoms with E-state index < -0.39 is 41.8 Å². The number of likely N-dealkylation sites (tertiary alicyclic amines) is 1. The summed E-state index contributed by atoms with van der Waals surface area (Å²) < 4.78 is 0. The lowest BCUT2D eigenvalue weighted by atomic mass is 9.85. The summed E-state index contributed by atoms with van der Waals surface area (Å²) in [5.74, 6) is -2.42. The van der Waals surface area contributed by atoms with Crippen molar-refractivity contribution in [3.8, 4) is 11.1 Å². The maximum absolute atomic E-state index is 14.9. The van der Waals surface area contributed by atoms with E-state index in [1.165, 1.54) is 6.92 Å². The van der Waals surface area contributed by atoms with Crippen LogP contribution in [0.25, 0.3) is 11.1 Å². The van der Waals surface area contributed by atoms with Crippen molar-refractivity contribution >= 4 is 29.4 Å². The van der Waals surface area contributed by atoms with Gasteiger partial charge in [0, 0.05) is 25.9 Å². The van der Waals surface area contributed by atoms with E-state index in [1.54, 1.807) is 4.90 Å². The van der Waals surface area contributed by atoms with E-state index in [9.17, 15) is 29.1 Å². The Balaban J connectivity index is 1.38. The molecule has 42 heavy (non-hydrogen) atoms. The van der Waals surface area contributed by atoms with Crippen LogP contribution in [0.5, 0.6) is 0 Å². The van der Waals surface area contributed by atoms with Crippen molar-refractivity contribution in [2.24, 2.45) is 17.8 Å². The first-order valence-electron chi connectivity index (χ1n) is 14.8. The molecule has 0 bridgehead atoms. The Labute approximate surface area is 244 Å². The lowest BCUT2D eigenvalue weighted by molar-refractivity contribution is -0.146. The normalized spacial score (nSPS) is 25.7. The topological polar surface area (TPSA) is 145 Å². The molecule has 4 aliphatic rings. The summed E-state index contributed by atoms with van der Waals surface area (Å²) in [7, 11) is 0. The number of hydrogen-bond acceptors (Lipinski definition) is 6. The minimum Gasteiger partial charge on any atom is -0.389 e. The van der Waals surface area contributed by atoms with Gasteiger partial charge >= 0.3 is 0 Å².